The van der Waals surface area contributed by atoms with E-state index in [0.717, 1.165) is 5.56 Å². The van der Waals surface area contributed by atoms with Gasteiger partial charge in [0.15, 0.2) is 9.04 Å². The van der Waals surface area contributed by atoms with Crippen LogP contribution in [0.4, 0.5) is 0 Å². The van der Waals surface area contributed by atoms with Crippen molar-refractivity contribution in [3.05, 3.63) is 34.9 Å². The molecule has 0 aliphatic heterocycles. The third-order valence-corrected chi connectivity index (χ3v) is 3.76. The molecule has 0 aliphatic rings. The molecule has 104 valence electrons. The zero-order valence-corrected chi connectivity index (χ0v) is 14.1. The second-order valence-electron chi connectivity index (χ2n) is 6.52. The molecule has 0 amide bonds. The zero-order chi connectivity index (χ0) is 14.6. The number of rotatable bonds is 4. The summed E-state index contributed by atoms with van der Waals surface area (Å²) in [4.78, 5) is 0. The molecule has 0 N–H and O–H groups in total. The fourth-order valence-electron chi connectivity index (χ4n) is 2.29. The summed E-state index contributed by atoms with van der Waals surface area (Å²) in [7, 11) is -1.11. The van der Waals surface area contributed by atoms with Crippen molar-refractivity contribution in [3.63, 3.8) is 0 Å². The van der Waals surface area contributed by atoms with E-state index in [1.807, 2.05) is 0 Å². The van der Waals surface area contributed by atoms with Crippen LogP contribution in [0.1, 0.15) is 43.6 Å². The molecule has 0 aliphatic carbocycles. The Bertz CT molecular complexity index is 469. The van der Waals surface area contributed by atoms with Crippen molar-refractivity contribution in [3.8, 4) is 6.07 Å². The molecule has 0 bridgehead atoms. The van der Waals surface area contributed by atoms with E-state index in [1.54, 1.807) is 0 Å². The smallest absolute Gasteiger partial charge is 0.171 e. The van der Waals surface area contributed by atoms with Gasteiger partial charge in [-0.15, -0.1) is 0 Å². The Morgan fingerprint density at radius 2 is 1.89 bits per heavy atom. The van der Waals surface area contributed by atoms with Gasteiger partial charge in [-0.1, -0.05) is 44.5 Å². The topological polar surface area (TPSA) is 33.0 Å². The normalized spacial score (nSPS) is 13.4. The second kappa shape index (κ2) is 6.36. The largest absolute Gasteiger partial charge is 0.413 e. The van der Waals surface area contributed by atoms with E-state index in [0.29, 0.717) is 6.42 Å². The fraction of sp³-hybridized carbons (Fsp3) is 0.562. The molecule has 2 nitrogen and oxygen atoms in total. The average Bonchev–Trinajstić information content (AvgIpc) is 2.23. The van der Waals surface area contributed by atoms with Crippen molar-refractivity contribution >= 4 is 9.04 Å². The van der Waals surface area contributed by atoms with Crippen molar-refractivity contribution in [2.75, 3.05) is 0 Å². The molecule has 0 spiro atoms. The number of hydrogen-bond donors (Lipinski definition) is 0. The van der Waals surface area contributed by atoms with Crippen molar-refractivity contribution in [2.45, 2.75) is 53.3 Å². The molecule has 3 heteroatoms. The zero-order valence-electron chi connectivity index (χ0n) is 12.9. The number of nitriles is 1. The molecule has 1 aromatic carbocycles. The van der Waals surface area contributed by atoms with Gasteiger partial charge in [-0.2, -0.15) is 5.26 Å². The van der Waals surface area contributed by atoms with Gasteiger partial charge in [0.1, 0.15) is 0 Å². The maximum absolute atomic E-state index is 8.87. The van der Waals surface area contributed by atoms with Gasteiger partial charge in [-0.3, -0.25) is 0 Å². The van der Waals surface area contributed by atoms with Gasteiger partial charge in [0, 0.05) is 0 Å². The molecule has 0 fully saturated rings. The minimum Gasteiger partial charge on any atom is -0.413 e. The van der Waals surface area contributed by atoms with Crippen LogP contribution in [0.3, 0.4) is 0 Å². The highest BCUT2D eigenvalue weighted by Crippen LogP contribution is 2.37. The van der Waals surface area contributed by atoms with Crippen LogP contribution in [-0.2, 0) is 10.8 Å². The van der Waals surface area contributed by atoms with Gasteiger partial charge in [0.25, 0.3) is 0 Å². The Hall–Kier alpha value is -1.11. The highest BCUT2D eigenvalue weighted by molar-refractivity contribution is 6.48. The Kier molecular flexibility index (Phi) is 5.34. The highest BCUT2D eigenvalue weighted by Gasteiger charge is 2.28. The van der Waals surface area contributed by atoms with Gasteiger partial charge in [-0.25, -0.2) is 0 Å². The first-order valence-electron chi connectivity index (χ1n) is 6.87. The first-order valence-corrected chi connectivity index (χ1v) is 9.65. The highest BCUT2D eigenvalue weighted by atomic mass is 28.3. The average molecular weight is 275 g/mol. The molecule has 0 saturated heterocycles. The van der Waals surface area contributed by atoms with Gasteiger partial charge < -0.3 is 4.43 Å². The van der Waals surface area contributed by atoms with Gasteiger partial charge in [0.2, 0.25) is 0 Å². The standard InChI is InChI=1S/C16H25NOSi/c1-12-9-13(7-8-17)11-14(10-12)15(16(2,3)4)18-19(5)6/h9-11,15,19H,7H2,1-6H3. The second-order valence-corrected chi connectivity index (χ2v) is 8.89. The first-order chi connectivity index (χ1) is 8.74. The quantitative estimate of drug-likeness (QED) is 0.773. The monoisotopic (exact) mass is 275 g/mol. The van der Waals surface area contributed by atoms with Crippen LogP contribution in [0, 0.1) is 23.7 Å². The predicted octanol–water partition coefficient (Wildman–Crippen LogP) is 4.15. The number of benzene rings is 1. The summed E-state index contributed by atoms with van der Waals surface area (Å²) in [5.41, 5.74) is 3.56. The molecule has 19 heavy (non-hydrogen) atoms. The van der Waals surface area contributed by atoms with Gasteiger partial charge in [-0.05, 0) is 36.6 Å². The van der Waals surface area contributed by atoms with Crippen LogP contribution in [-0.4, -0.2) is 9.04 Å². The van der Waals surface area contributed by atoms with E-state index in [-0.39, 0.29) is 11.5 Å². The minimum absolute atomic E-state index is 0.0645. The molecule has 0 aromatic heterocycles. The van der Waals surface area contributed by atoms with Crippen LogP contribution in [0.2, 0.25) is 13.1 Å². The fourth-order valence-corrected chi connectivity index (χ4v) is 3.40. The Morgan fingerprint density at radius 1 is 1.26 bits per heavy atom. The summed E-state index contributed by atoms with van der Waals surface area (Å²) in [5, 5.41) is 8.87. The first kappa shape index (κ1) is 15.9. The lowest BCUT2D eigenvalue weighted by atomic mass is 9.83. The molecular weight excluding hydrogens is 250 g/mol. The minimum atomic E-state index is -1.11. The maximum atomic E-state index is 8.87. The lowest BCUT2D eigenvalue weighted by Crippen LogP contribution is -2.26. The van der Waals surface area contributed by atoms with E-state index in [1.165, 1.54) is 11.1 Å². The number of aryl methyl sites for hydroxylation is 1. The van der Waals surface area contributed by atoms with E-state index in [2.05, 4.69) is 65.1 Å². The molecule has 1 rings (SSSR count). The van der Waals surface area contributed by atoms with Crippen molar-refractivity contribution in [1.29, 1.82) is 5.26 Å². The van der Waals surface area contributed by atoms with Gasteiger partial charge >= 0.3 is 0 Å². The number of hydrogen-bond acceptors (Lipinski definition) is 2. The predicted molar refractivity (Wildman–Crippen MR) is 82.7 cm³/mol. The van der Waals surface area contributed by atoms with E-state index in [4.69, 9.17) is 9.69 Å². The van der Waals surface area contributed by atoms with Crippen LogP contribution in [0.5, 0.6) is 0 Å². The molecule has 0 heterocycles. The summed E-state index contributed by atoms with van der Waals surface area (Å²) < 4.78 is 6.24. The molecule has 1 aromatic rings. The van der Waals surface area contributed by atoms with Crippen molar-refractivity contribution in [2.24, 2.45) is 5.41 Å². The Balaban J connectivity index is 3.19. The van der Waals surface area contributed by atoms with Crippen LogP contribution >= 0.6 is 0 Å². The number of nitrogens with zero attached hydrogens (tertiary/aromatic N) is 1. The summed E-state index contributed by atoms with van der Waals surface area (Å²) in [6.07, 6.45) is 0.571. The van der Waals surface area contributed by atoms with E-state index >= 15 is 0 Å². The summed E-state index contributed by atoms with van der Waals surface area (Å²) in [5.74, 6) is 0. The maximum Gasteiger partial charge on any atom is 0.171 e. The van der Waals surface area contributed by atoms with Crippen LogP contribution in [0.15, 0.2) is 18.2 Å². The van der Waals surface area contributed by atoms with Crippen LogP contribution in [0.25, 0.3) is 0 Å². The molecule has 1 unspecified atom stereocenters. The van der Waals surface area contributed by atoms with E-state index < -0.39 is 9.04 Å². The lowest BCUT2D eigenvalue weighted by molar-refractivity contribution is 0.0865. The SMILES string of the molecule is Cc1cc(CC#N)cc(C(O[SiH](C)C)C(C)(C)C)c1. The third kappa shape index (κ3) is 4.81. The summed E-state index contributed by atoms with van der Waals surface area (Å²) in [6, 6.07) is 8.62. The molecular formula is C16H25NOSi. The third-order valence-electron chi connectivity index (χ3n) is 2.94. The molecule has 0 radical (unpaired) electrons. The van der Waals surface area contributed by atoms with Crippen LogP contribution < -0.4 is 0 Å². The van der Waals surface area contributed by atoms with Gasteiger partial charge in [0.05, 0.1) is 18.6 Å². The summed E-state index contributed by atoms with van der Waals surface area (Å²) in [6.45, 7) is 13.1. The lowest BCUT2D eigenvalue weighted by Gasteiger charge is -2.33. The van der Waals surface area contributed by atoms with Crippen molar-refractivity contribution < 1.29 is 4.43 Å². The van der Waals surface area contributed by atoms with Crippen molar-refractivity contribution in [1.82, 2.24) is 0 Å². The Morgan fingerprint density at radius 3 is 2.37 bits per heavy atom. The molecule has 0 saturated carbocycles. The van der Waals surface area contributed by atoms with E-state index in [9.17, 15) is 0 Å². The molecule has 1 atom stereocenters. The Labute approximate surface area is 119 Å². The summed E-state index contributed by atoms with van der Waals surface area (Å²) >= 11 is 0.